The summed E-state index contributed by atoms with van der Waals surface area (Å²) < 4.78 is 31.6. The lowest BCUT2D eigenvalue weighted by Crippen LogP contribution is -2.52. The van der Waals surface area contributed by atoms with Gasteiger partial charge >= 0.3 is 0 Å². The van der Waals surface area contributed by atoms with Gasteiger partial charge in [-0.1, -0.05) is 56.1 Å². The molecule has 198 valence electrons. The summed E-state index contributed by atoms with van der Waals surface area (Å²) in [7, 11) is -2.35. The molecule has 0 aliphatic carbocycles. The van der Waals surface area contributed by atoms with E-state index < -0.39 is 28.5 Å². The lowest BCUT2D eigenvalue weighted by Gasteiger charge is -2.33. The highest BCUT2D eigenvalue weighted by atomic mass is 35.5. The molecule has 1 N–H and O–H groups in total. The predicted molar refractivity (Wildman–Crippen MR) is 144 cm³/mol. The van der Waals surface area contributed by atoms with Gasteiger partial charge in [0.15, 0.2) is 0 Å². The molecule has 0 saturated carbocycles. The number of ether oxygens (including phenoxy) is 1. The van der Waals surface area contributed by atoms with Gasteiger partial charge in [-0.15, -0.1) is 0 Å². The Hall–Kier alpha value is -2.49. The number of carbonyl (C=O) groups excluding carboxylic acids is 2. The third-order valence-corrected chi connectivity index (χ3v) is 6.95. The first-order chi connectivity index (χ1) is 16.8. The van der Waals surface area contributed by atoms with Gasteiger partial charge in [-0.25, -0.2) is 8.42 Å². The molecule has 0 radical (unpaired) electrons. The minimum absolute atomic E-state index is 0.0809. The first kappa shape index (κ1) is 29.7. The largest absolute Gasteiger partial charge is 0.497 e. The summed E-state index contributed by atoms with van der Waals surface area (Å²) in [5.74, 6) is -0.0316. The Morgan fingerprint density at radius 1 is 1.08 bits per heavy atom. The van der Waals surface area contributed by atoms with Crippen LogP contribution in [0, 0.1) is 5.92 Å². The summed E-state index contributed by atoms with van der Waals surface area (Å²) in [5, 5.41) is 3.34. The highest BCUT2D eigenvalue weighted by Crippen LogP contribution is 2.27. The quantitative estimate of drug-likeness (QED) is 0.418. The number of amides is 2. The third kappa shape index (κ3) is 8.57. The van der Waals surface area contributed by atoms with Crippen molar-refractivity contribution in [1.82, 2.24) is 10.2 Å². The number of anilines is 1. The van der Waals surface area contributed by atoms with Gasteiger partial charge in [0.2, 0.25) is 21.8 Å². The molecule has 2 amide bonds. The maximum atomic E-state index is 13.7. The van der Waals surface area contributed by atoms with Gasteiger partial charge in [-0.2, -0.15) is 0 Å². The summed E-state index contributed by atoms with van der Waals surface area (Å²) in [5.41, 5.74) is 0.886. The first-order valence-electron chi connectivity index (χ1n) is 11.5. The number of halogens is 2. The Morgan fingerprint density at radius 2 is 1.72 bits per heavy atom. The average molecular weight is 559 g/mol. The molecule has 0 aromatic heterocycles. The highest BCUT2D eigenvalue weighted by molar-refractivity contribution is 7.92. The summed E-state index contributed by atoms with van der Waals surface area (Å²) in [4.78, 5) is 28.2. The molecule has 0 bridgehead atoms. The standard InChI is InChI=1S/C25H33Cl2N3O5S/c1-6-23(25(32)28-14-17(2)3)29(15-18-8-7-9-22(10-18)35-4)24(31)16-30(36(5,33)34)21-12-19(26)11-20(27)13-21/h7-13,17,23H,6,14-16H2,1-5H3,(H,28,32). The number of nitrogens with one attached hydrogen (secondary N) is 1. The molecular weight excluding hydrogens is 525 g/mol. The van der Waals surface area contributed by atoms with Crippen LogP contribution in [0.15, 0.2) is 42.5 Å². The minimum atomic E-state index is -3.89. The lowest BCUT2D eigenvalue weighted by atomic mass is 10.1. The van der Waals surface area contributed by atoms with Crippen molar-refractivity contribution >= 4 is 50.7 Å². The fraction of sp³-hybridized carbons (Fsp3) is 0.440. The molecular formula is C25H33Cl2N3O5S. The zero-order valence-corrected chi connectivity index (χ0v) is 23.5. The molecule has 0 saturated heterocycles. The second kappa shape index (κ2) is 13.2. The molecule has 0 aliphatic rings. The van der Waals surface area contributed by atoms with Gasteiger partial charge in [0.25, 0.3) is 0 Å². The van der Waals surface area contributed by atoms with Crippen molar-refractivity contribution in [3.05, 3.63) is 58.1 Å². The minimum Gasteiger partial charge on any atom is -0.497 e. The fourth-order valence-corrected chi connectivity index (χ4v) is 4.95. The Labute approximate surface area is 223 Å². The topological polar surface area (TPSA) is 96.0 Å². The van der Waals surface area contributed by atoms with Crippen LogP contribution in [-0.4, -0.2) is 57.6 Å². The van der Waals surface area contributed by atoms with Crippen molar-refractivity contribution in [3.63, 3.8) is 0 Å². The van der Waals surface area contributed by atoms with Crippen LogP contribution in [0.5, 0.6) is 5.75 Å². The van der Waals surface area contributed by atoms with E-state index in [1.165, 1.54) is 30.2 Å². The van der Waals surface area contributed by atoms with Crippen LogP contribution in [0.2, 0.25) is 10.0 Å². The highest BCUT2D eigenvalue weighted by Gasteiger charge is 2.32. The molecule has 36 heavy (non-hydrogen) atoms. The lowest BCUT2D eigenvalue weighted by molar-refractivity contribution is -0.140. The Morgan fingerprint density at radius 3 is 2.25 bits per heavy atom. The van der Waals surface area contributed by atoms with E-state index in [0.717, 1.165) is 16.1 Å². The van der Waals surface area contributed by atoms with E-state index in [9.17, 15) is 18.0 Å². The smallest absolute Gasteiger partial charge is 0.244 e. The first-order valence-corrected chi connectivity index (χ1v) is 14.1. The molecule has 11 heteroatoms. The van der Waals surface area contributed by atoms with Gasteiger partial charge < -0.3 is 15.0 Å². The second-order valence-electron chi connectivity index (χ2n) is 8.83. The van der Waals surface area contributed by atoms with Gasteiger partial charge in [-0.3, -0.25) is 13.9 Å². The molecule has 2 aromatic rings. The van der Waals surface area contributed by atoms with Crippen LogP contribution in [-0.2, 0) is 26.2 Å². The maximum Gasteiger partial charge on any atom is 0.244 e. The van der Waals surface area contributed by atoms with Crippen molar-refractivity contribution in [2.24, 2.45) is 5.92 Å². The second-order valence-corrected chi connectivity index (χ2v) is 11.6. The van der Waals surface area contributed by atoms with Crippen LogP contribution in [0.3, 0.4) is 0 Å². The summed E-state index contributed by atoms with van der Waals surface area (Å²) in [6.07, 6.45) is 1.33. The molecule has 0 aliphatic heterocycles. The molecule has 2 aromatic carbocycles. The molecule has 0 heterocycles. The molecule has 0 spiro atoms. The molecule has 1 unspecified atom stereocenters. The molecule has 1 atom stereocenters. The maximum absolute atomic E-state index is 13.7. The van der Waals surface area contributed by atoms with Crippen LogP contribution in [0.1, 0.15) is 32.8 Å². The van der Waals surface area contributed by atoms with Crippen LogP contribution < -0.4 is 14.4 Å². The predicted octanol–water partition coefficient (Wildman–Crippen LogP) is 4.35. The summed E-state index contributed by atoms with van der Waals surface area (Å²) >= 11 is 12.2. The van der Waals surface area contributed by atoms with Gasteiger partial charge in [0, 0.05) is 23.1 Å². The zero-order valence-electron chi connectivity index (χ0n) is 21.1. The number of sulfonamides is 1. The molecule has 8 nitrogen and oxygen atoms in total. The number of benzene rings is 2. The molecule has 0 fully saturated rings. The Bertz CT molecular complexity index is 1150. The average Bonchev–Trinajstić information content (AvgIpc) is 2.79. The van der Waals surface area contributed by atoms with E-state index in [-0.39, 0.29) is 34.1 Å². The van der Waals surface area contributed by atoms with Gasteiger partial charge in [-0.05, 0) is 48.2 Å². The fourth-order valence-electron chi connectivity index (χ4n) is 3.61. The third-order valence-electron chi connectivity index (χ3n) is 5.37. The summed E-state index contributed by atoms with van der Waals surface area (Å²) in [6, 6.07) is 10.6. The number of hydrogen-bond acceptors (Lipinski definition) is 5. The van der Waals surface area contributed by atoms with Crippen molar-refractivity contribution in [1.29, 1.82) is 0 Å². The van der Waals surface area contributed by atoms with Crippen molar-refractivity contribution in [3.8, 4) is 5.75 Å². The summed E-state index contributed by atoms with van der Waals surface area (Å²) in [6.45, 7) is 5.75. The number of nitrogens with zero attached hydrogens (tertiary/aromatic N) is 2. The van der Waals surface area contributed by atoms with E-state index >= 15 is 0 Å². The van der Waals surface area contributed by atoms with Crippen LogP contribution >= 0.6 is 23.2 Å². The Kier molecular flexibility index (Phi) is 10.9. The number of hydrogen-bond donors (Lipinski definition) is 1. The van der Waals surface area contributed by atoms with Crippen molar-refractivity contribution in [2.45, 2.75) is 39.8 Å². The van der Waals surface area contributed by atoms with Gasteiger partial charge in [0.1, 0.15) is 18.3 Å². The zero-order chi connectivity index (χ0) is 27.0. The number of rotatable bonds is 12. The van der Waals surface area contributed by atoms with E-state index in [1.54, 1.807) is 25.1 Å². The van der Waals surface area contributed by atoms with Crippen LogP contribution in [0.4, 0.5) is 5.69 Å². The van der Waals surface area contributed by atoms with Crippen molar-refractivity contribution < 1.29 is 22.7 Å². The monoisotopic (exact) mass is 557 g/mol. The molecule has 2 rings (SSSR count). The van der Waals surface area contributed by atoms with E-state index in [0.29, 0.717) is 18.7 Å². The van der Waals surface area contributed by atoms with Crippen LogP contribution in [0.25, 0.3) is 0 Å². The van der Waals surface area contributed by atoms with E-state index in [4.69, 9.17) is 27.9 Å². The van der Waals surface area contributed by atoms with E-state index in [1.807, 2.05) is 19.9 Å². The SMILES string of the molecule is CCC(C(=O)NCC(C)C)N(Cc1cccc(OC)c1)C(=O)CN(c1cc(Cl)cc(Cl)c1)S(C)(=O)=O. The normalized spacial score (nSPS) is 12.2. The number of carbonyl (C=O) groups is 2. The number of methoxy groups -OCH3 is 1. The van der Waals surface area contributed by atoms with E-state index in [2.05, 4.69) is 5.32 Å². The Balaban J connectivity index is 2.47. The van der Waals surface area contributed by atoms with Crippen molar-refractivity contribution in [2.75, 3.05) is 30.8 Å². The van der Waals surface area contributed by atoms with Gasteiger partial charge in [0.05, 0.1) is 19.1 Å².